The van der Waals surface area contributed by atoms with Crippen LogP contribution in [0.25, 0.3) is 94.3 Å². The van der Waals surface area contributed by atoms with Crippen molar-refractivity contribution in [2.24, 2.45) is 0 Å². The van der Waals surface area contributed by atoms with Crippen LogP contribution in [0.4, 0.5) is 0 Å². The van der Waals surface area contributed by atoms with Gasteiger partial charge in [0.15, 0.2) is 11.6 Å². The van der Waals surface area contributed by atoms with Crippen LogP contribution in [0, 0.1) is 0 Å². The first-order valence-corrected chi connectivity index (χ1v) is 17.2. The summed E-state index contributed by atoms with van der Waals surface area (Å²) in [5, 5.41) is 7.19. The predicted octanol–water partition coefficient (Wildman–Crippen LogP) is 11.9. The summed E-state index contributed by atoms with van der Waals surface area (Å²) in [5.74, 6) is 1.88. The summed E-state index contributed by atoms with van der Waals surface area (Å²) in [6.07, 6.45) is 0. The van der Waals surface area contributed by atoms with Crippen LogP contribution in [0.1, 0.15) is 0 Å². The minimum Gasteiger partial charge on any atom is -0.278 e. The van der Waals surface area contributed by atoms with E-state index in [0.717, 1.165) is 27.5 Å². The summed E-state index contributed by atoms with van der Waals surface area (Å²) < 4.78 is 2.19. The standard InChI is InChI=1S/C47H30N4/c1-4-12-31(13-5-1)34-20-21-36-29-37(23-22-35(36)28-34)38-24-26-40-39(30-38)25-27-43-44(40)41-18-10-11-19-42(41)51(43)47-49-45(32-14-6-2-7-15-32)48-46(50-47)33-16-8-3-9-17-33/h1-30H. The lowest BCUT2D eigenvalue weighted by molar-refractivity contribution is 0.953. The molecule has 51 heavy (non-hydrogen) atoms. The van der Waals surface area contributed by atoms with Gasteiger partial charge in [0.05, 0.1) is 11.0 Å². The monoisotopic (exact) mass is 650 g/mol. The van der Waals surface area contributed by atoms with E-state index in [1.807, 2.05) is 60.7 Å². The highest BCUT2D eigenvalue weighted by molar-refractivity contribution is 6.21. The van der Waals surface area contributed by atoms with Gasteiger partial charge in [-0.1, -0.05) is 152 Å². The van der Waals surface area contributed by atoms with Gasteiger partial charge in [-0.3, -0.25) is 4.57 Å². The van der Waals surface area contributed by atoms with Gasteiger partial charge in [-0.05, 0) is 74.1 Å². The number of hydrogen-bond donors (Lipinski definition) is 0. The molecule has 4 heteroatoms. The smallest absolute Gasteiger partial charge is 0.238 e. The fourth-order valence-electron chi connectivity index (χ4n) is 7.33. The number of fused-ring (bicyclic) bond motifs is 6. The largest absolute Gasteiger partial charge is 0.278 e. The molecule has 0 amide bonds. The lowest BCUT2D eigenvalue weighted by atomic mass is 9.95. The van der Waals surface area contributed by atoms with E-state index in [-0.39, 0.29) is 0 Å². The van der Waals surface area contributed by atoms with Crippen LogP contribution in [-0.4, -0.2) is 19.5 Å². The van der Waals surface area contributed by atoms with Crippen LogP contribution < -0.4 is 0 Å². The molecule has 8 aromatic carbocycles. The Bertz CT molecular complexity index is 2840. The highest BCUT2D eigenvalue weighted by atomic mass is 15.2. The van der Waals surface area contributed by atoms with E-state index < -0.39 is 0 Å². The van der Waals surface area contributed by atoms with Gasteiger partial charge in [-0.25, -0.2) is 4.98 Å². The zero-order chi connectivity index (χ0) is 33.7. The van der Waals surface area contributed by atoms with Gasteiger partial charge in [-0.2, -0.15) is 9.97 Å². The minimum absolute atomic E-state index is 0.594. The van der Waals surface area contributed by atoms with Crippen molar-refractivity contribution in [2.45, 2.75) is 0 Å². The van der Waals surface area contributed by atoms with Gasteiger partial charge in [0.1, 0.15) is 0 Å². The topological polar surface area (TPSA) is 43.6 Å². The quantitative estimate of drug-likeness (QED) is 0.186. The molecule has 0 spiro atoms. The number of nitrogens with zero attached hydrogens (tertiary/aromatic N) is 4. The Balaban J connectivity index is 1.12. The molecule has 238 valence electrons. The van der Waals surface area contributed by atoms with E-state index in [1.54, 1.807) is 0 Å². The van der Waals surface area contributed by atoms with E-state index in [2.05, 4.69) is 126 Å². The van der Waals surface area contributed by atoms with Crippen LogP contribution in [0.5, 0.6) is 0 Å². The Morgan fingerprint density at radius 3 is 1.43 bits per heavy atom. The first-order chi connectivity index (χ1) is 25.3. The molecule has 0 atom stereocenters. The van der Waals surface area contributed by atoms with Crippen molar-refractivity contribution in [2.75, 3.05) is 0 Å². The molecule has 0 aliphatic carbocycles. The lowest BCUT2D eigenvalue weighted by Gasteiger charge is -2.11. The molecule has 0 aliphatic heterocycles. The fraction of sp³-hybridized carbons (Fsp3) is 0. The van der Waals surface area contributed by atoms with Gasteiger partial charge >= 0.3 is 0 Å². The third kappa shape index (κ3) is 5.04. The molecular formula is C47H30N4. The fourth-order valence-corrected chi connectivity index (χ4v) is 7.33. The first-order valence-electron chi connectivity index (χ1n) is 17.2. The van der Waals surface area contributed by atoms with Crippen molar-refractivity contribution < 1.29 is 0 Å². The number of rotatable bonds is 5. The van der Waals surface area contributed by atoms with Crippen LogP contribution in [-0.2, 0) is 0 Å². The summed E-state index contributed by atoms with van der Waals surface area (Å²) in [4.78, 5) is 15.1. The van der Waals surface area contributed by atoms with Crippen LogP contribution in [0.2, 0.25) is 0 Å². The number of aromatic nitrogens is 4. The van der Waals surface area contributed by atoms with Crippen molar-refractivity contribution in [1.82, 2.24) is 19.5 Å². The number of hydrogen-bond acceptors (Lipinski definition) is 3. The Kier molecular flexibility index (Phi) is 6.78. The molecule has 0 fully saturated rings. The van der Waals surface area contributed by atoms with Crippen LogP contribution >= 0.6 is 0 Å². The maximum Gasteiger partial charge on any atom is 0.238 e. The average molecular weight is 651 g/mol. The van der Waals surface area contributed by atoms with Crippen molar-refractivity contribution in [3.05, 3.63) is 182 Å². The van der Waals surface area contributed by atoms with Gasteiger partial charge in [0.25, 0.3) is 0 Å². The molecule has 0 unspecified atom stereocenters. The van der Waals surface area contributed by atoms with Gasteiger partial charge in [-0.15, -0.1) is 0 Å². The van der Waals surface area contributed by atoms with Crippen LogP contribution in [0.3, 0.4) is 0 Å². The van der Waals surface area contributed by atoms with Crippen LogP contribution in [0.15, 0.2) is 182 Å². The summed E-state index contributed by atoms with van der Waals surface area (Å²) in [6.45, 7) is 0. The van der Waals surface area contributed by atoms with E-state index in [0.29, 0.717) is 17.6 Å². The second-order valence-corrected chi connectivity index (χ2v) is 12.9. The van der Waals surface area contributed by atoms with Crippen molar-refractivity contribution in [1.29, 1.82) is 0 Å². The second-order valence-electron chi connectivity index (χ2n) is 12.9. The van der Waals surface area contributed by atoms with E-state index >= 15 is 0 Å². The lowest BCUT2D eigenvalue weighted by Crippen LogP contribution is -2.06. The Hall–Kier alpha value is -6.91. The molecule has 0 saturated carbocycles. The Morgan fingerprint density at radius 1 is 0.314 bits per heavy atom. The maximum atomic E-state index is 5.09. The normalized spacial score (nSPS) is 11.5. The zero-order valence-electron chi connectivity index (χ0n) is 27.6. The third-order valence-corrected chi connectivity index (χ3v) is 9.82. The number of benzene rings is 8. The molecule has 0 aliphatic rings. The SMILES string of the molecule is c1ccc(-c2ccc3cc(-c4ccc5c(ccc6c5c5ccccc5n6-c5nc(-c6ccccc6)nc(-c6ccccc6)n5)c4)ccc3c2)cc1. The Labute approximate surface area is 295 Å². The minimum atomic E-state index is 0.594. The molecule has 2 aromatic heterocycles. The highest BCUT2D eigenvalue weighted by Gasteiger charge is 2.19. The molecule has 0 radical (unpaired) electrons. The molecule has 0 saturated heterocycles. The van der Waals surface area contributed by atoms with E-state index in [4.69, 9.17) is 15.0 Å². The summed E-state index contributed by atoms with van der Waals surface area (Å²) >= 11 is 0. The molecule has 2 heterocycles. The zero-order valence-corrected chi connectivity index (χ0v) is 27.6. The van der Waals surface area contributed by atoms with Crippen molar-refractivity contribution in [3.8, 4) is 51.0 Å². The van der Waals surface area contributed by atoms with Gasteiger partial charge in [0, 0.05) is 21.9 Å². The molecule has 4 nitrogen and oxygen atoms in total. The number of para-hydroxylation sites is 1. The summed E-state index contributed by atoms with van der Waals surface area (Å²) in [5.41, 5.74) is 8.86. The third-order valence-electron chi connectivity index (χ3n) is 9.82. The molecule has 10 aromatic rings. The Morgan fingerprint density at radius 2 is 0.804 bits per heavy atom. The van der Waals surface area contributed by atoms with Gasteiger partial charge in [0.2, 0.25) is 5.95 Å². The molecule has 0 bridgehead atoms. The van der Waals surface area contributed by atoms with Crippen molar-refractivity contribution in [3.63, 3.8) is 0 Å². The molecule has 0 N–H and O–H groups in total. The first kappa shape index (κ1) is 29.0. The van der Waals surface area contributed by atoms with Gasteiger partial charge < -0.3 is 0 Å². The van der Waals surface area contributed by atoms with E-state index in [9.17, 15) is 0 Å². The maximum absolute atomic E-state index is 5.09. The average Bonchev–Trinajstić information content (AvgIpc) is 3.56. The summed E-state index contributed by atoms with van der Waals surface area (Å²) in [6, 6.07) is 64.1. The highest BCUT2D eigenvalue weighted by Crippen LogP contribution is 2.38. The van der Waals surface area contributed by atoms with E-state index in [1.165, 1.54) is 49.2 Å². The summed E-state index contributed by atoms with van der Waals surface area (Å²) in [7, 11) is 0. The molecule has 10 rings (SSSR count). The second kappa shape index (κ2) is 11.9. The van der Waals surface area contributed by atoms with Crippen molar-refractivity contribution >= 4 is 43.4 Å². The predicted molar refractivity (Wildman–Crippen MR) is 211 cm³/mol. The molecular weight excluding hydrogens is 621 g/mol.